The molecule has 8 nitrogen and oxygen atoms in total. The van der Waals surface area contributed by atoms with Gasteiger partial charge in [-0.2, -0.15) is 0 Å². The van der Waals surface area contributed by atoms with Gasteiger partial charge in [-0.3, -0.25) is 11.3 Å². The van der Waals surface area contributed by atoms with Crippen LogP contribution in [-0.4, -0.2) is 38.9 Å². The third-order valence-electron chi connectivity index (χ3n) is 1.83. The summed E-state index contributed by atoms with van der Waals surface area (Å²) in [6.45, 7) is 4.74. The van der Waals surface area contributed by atoms with Gasteiger partial charge in [-0.15, -0.1) is 21.9 Å². The summed E-state index contributed by atoms with van der Waals surface area (Å²) < 4.78 is 0. The van der Waals surface area contributed by atoms with Crippen LogP contribution in [0.15, 0.2) is 5.34 Å². The van der Waals surface area contributed by atoms with Gasteiger partial charge >= 0.3 is 0 Å². The van der Waals surface area contributed by atoms with E-state index < -0.39 is 0 Å². The van der Waals surface area contributed by atoms with Crippen molar-refractivity contribution in [3.8, 4) is 0 Å². The molecule has 0 aliphatic rings. The van der Waals surface area contributed by atoms with Gasteiger partial charge in [0.1, 0.15) is 0 Å². The number of unbranched alkanes of at least 4 members (excludes halogenated alkanes) is 4. The fourth-order valence-corrected chi connectivity index (χ4v) is 0.943. The number of hydrazine groups is 1. The van der Waals surface area contributed by atoms with Gasteiger partial charge in [-0.05, 0) is 46.4 Å². The Bertz CT molecular complexity index is 118. The molecule has 0 saturated heterocycles. The smallest absolute Gasteiger partial charge is 0.152 e. The van der Waals surface area contributed by atoms with Crippen molar-refractivity contribution >= 4 is 17.0 Å². The Hall–Kier alpha value is -0.320. The minimum Gasteiger partial charge on any atom is -0.379 e. The van der Waals surface area contributed by atoms with E-state index in [0.717, 1.165) is 32.5 Å². The highest BCUT2D eigenvalue weighted by atomic mass is 79.9. The third kappa shape index (κ3) is 104. The number of nitrogens with one attached hydrogen (secondary N) is 2. The molecule has 0 aliphatic carbocycles. The van der Waals surface area contributed by atoms with Gasteiger partial charge in [0, 0.05) is 6.54 Å². The average Bonchev–Trinajstić information content (AvgIpc) is 2.43. The third-order valence-corrected chi connectivity index (χ3v) is 1.83. The molecule has 0 fully saturated rings. The highest BCUT2D eigenvalue weighted by Crippen LogP contribution is 1.89. The monoisotopic (exact) mass is 376 g/mol. The van der Waals surface area contributed by atoms with E-state index in [1.807, 2.05) is 14.1 Å². The summed E-state index contributed by atoms with van der Waals surface area (Å²) in [5, 5.41) is 10.6. The average molecular weight is 377 g/mol. The van der Waals surface area contributed by atoms with E-state index in [-0.39, 0.29) is 17.0 Å². The van der Waals surface area contributed by atoms with Crippen LogP contribution in [0.1, 0.15) is 45.4 Å². The Kier molecular flexibility index (Phi) is 78.1. The lowest BCUT2D eigenvalue weighted by atomic mass is 10.2. The van der Waals surface area contributed by atoms with Crippen LogP contribution in [0.2, 0.25) is 0 Å². The molecular formula is C12H37BrN6O2. The number of rotatable bonds is 8. The molecule has 0 atom stereocenters. The molecule has 0 aliphatic heterocycles. The second-order valence-corrected chi connectivity index (χ2v) is 3.88. The van der Waals surface area contributed by atoms with E-state index >= 15 is 0 Å². The number of halogens is 1. The van der Waals surface area contributed by atoms with Crippen LogP contribution in [0.4, 0.5) is 0 Å². The van der Waals surface area contributed by atoms with Crippen molar-refractivity contribution in [1.82, 2.24) is 10.7 Å². The first-order valence-electron chi connectivity index (χ1n) is 7.05. The molecule has 0 rings (SSSR count). The summed E-state index contributed by atoms with van der Waals surface area (Å²) in [4.78, 5) is 8.11. The first-order valence-corrected chi connectivity index (χ1v) is 7.05. The van der Waals surface area contributed by atoms with Crippen LogP contribution in [0.3, 0.4) is 0 Å². The molecule has 0 radical (unpaired) electrons. The van der Waals surface area contributed by atoms with Crippen LogP contribution in [0.5, 0.6) is 0 Å². The maximum atomic E-state index is 8.11. The van der Waals surface area contributed by atoms with Gasteiger partial charge in [0.2, 0.25) is 0 Å². The quantitative estimate of drug-likeness (QED) is 0.161. The highest BCUT2D eigenvalue weighted by molar-refractivity contribution is 8.93. The lowest BCUT2D eigenvalue weighted by molar-refractivity contribution is 0.312. The van der Waals surface area contributed by atoms with Crippen molar-refractivity contribution in [1.29, 1.82) is 0 Å². The predicted molar refractivity (Wildman–Crippen MR) is 96.6 cm³/mol. The second kappa shape index (κ2) is 50.3. The molecular weight excluding hydrogens is 340 g/mol. The summed E-state index contributed by atoms with van der Waals surface area (Å²) in [5.41, 5.74) is 13.1. The number of nitrogens with zero attached hydrogens (tertiary/aromatic N) is 1. The zero-order valence-electron chi connectivity index (χ0n) is 13.8. The van der Waals surface area contributed by atoms with E-state index in [4.69, 9.17) is 27.4 Å². The van der Waals surface area contributed by atoms with Gasteiger partial charge in [-0.25, -0.2) is 0 Å². The first-order chi connectivity index (χ1) is 9.66. The Morgan fingerprint density at radius 1 is 1.00 bits per heavy atom. The van der Waals surface area contributed by atoms with E-state index in [0.29, 0.717) is 0 Å². The summed E-state index contributed by atoms with van der Waals surface area (Å²) in [6, 6.07) is 0. The van der Waals surface area contributed by atoms with Gasteiger partial charge in [0.05, 0.1) is 0 Å². The van der Waals surface area contributed by atoms with Crippen molar-refractivity contribution in [2.45, 2.75) is 45.4 Å². The normalized spacial score (nSPS) is 7.71. The fourth-order valence-electron chi connectivity index (χ4n) is 0.943. The van der Waals surface area contributed by atoms with Crippen molar-refractivity contribution in [3.05, 3.63) is 4.91 Å². The lowest BCUT2D eigenvalue weighted by Crippen LogP contribution is -2.22. The second-order valence-electron chi connectivity index (χ2n) is 3.88. The van der Waals surface area contributed by atoms with Crippen LogP contribution in [0, 0.1) is 4.91 Å². The van der Waals surface area contributed by atoms with E-state index in [1.54, 1.807) is 0 Å². The topological polar surface area (TPSA) is 152 Å². The molecule has 0 aromatic rings. The molecule has 0 spiro atoms. The SMILES string of the molecule is Br.CCCCCNN.CNC.NCCCCCN.O=NO. The van der Waals surface area contributed by atoms with Gasteiger partial charge < -0.3 is 22.0 Å². The molecule has 134 valence electrons. The molecule has 0 bridgehead atoms. The fraction of sp³-hybridized carbons (Fsp3) is 1.00. The molecule has 0 unspecified atom stereocenters. The Balaban J connectivity index is -0.0000000576. The predicted octanol–water partition coefficient (Wildman–Crippen LogP) is 1.27. The highest BCUT2D eigenvalue weighted by Gasteiger charge is 1.80. The van der Waals surface area contributed by atoms with E-state index in [2.05, 4.69) is 17.7 Å². The number of nitrogens with two attached hydrogens (primary N) is 3. The zero-order chi connectivity index (χ0) is 16.5. The molecule has 0 saturated carbocycles. The van der Waals surface area contributed by atoms with Crippen molar-refractivity contribution in [2.75, 3.05) is 33.7 Å². The van der Waals surface area contributed by atoms with Crippen molar-refractivity contribution < 1.29 is 5.21 Å². The molecule has 21 heavy (non-hydrogen) atoms. The molecule has 0 aromatic carbocycles. The van der Waals surface area contributed by atoms with Crippen molar-refractivity contribution in [2.24, 2.45) is 22.7 Å². The van der Waals surface area contributed by atoms with E-state index in [9.17, 15) is 0 Å². The summed E-state index contributed by atoms with van der Waals surface area (Å²) >= 11 is 0. The zero-order valence-corrected chi connectivity index (χ0v) is 15.5. The Morgan fingerprint density at radius 3 is 1.62 bits per heavy atom. The summed E-state index contributed by atoms with van der Waals surface area (Å²) in [6.07, 6.45) is 7.18. The first kappa shape index (κ1) is 32.6. The van der Waals surface area contributed by atoms with Crippen LogP contribution >= 0.6 is 17.0 Å². The lowest BCUT2D eigenvalue weighted by Gasteiger charge is -1.93. The largest absolute Gasteiger partial charge is 0.379 e. The molecule has 0 aromatic heterocycles. The van der Waals surface area contributed by atoms with E-state index in [1.165, 1.54) is 31.0 Å². The van der Waals surface area contributed by atoms with Gasteiger partial charge in [-0.1, -0.05) is 26.2 Å². The molecule has 0 heterocycles. The minimum absolute atomic E-state index is 0. The summed E-state index contributed by atoms with van der Waals surface area (Å²) in [5.74, 6) is 5.02. The van der Waals surface area contributed by atoms with Gasteiger partial charge in [0.15, 0.2) is 5.34 Å². The maximum absolute atomic E-state index is 8.11. The molecule has 9 N–H and O–H groups in total. The van der Waals surface area contributed by atoms with Crippen LogP contribution in [0.25, 0.3) is 0 Å². The summed E-state index contributed by atoms with van der Waals surface area (Å²) in [7, 11) is 3.75. The van der Waals surface area contributed by atoms with Crippen molar-refractivity contribution in [3.63, 3.8) is 0 Å². The Labute approximate surface area is 140 Å². The van der Waals surface area contributed by atoms with Gasteiger partial charge in [0.25, 0.3) is 0 Å². The standard InChI is InChI=1S/2C5H14N2.C2H7N.BrH.HNO2/c1-2-3-4-5-7-6;6-4-2-1-3-5-7;1-3-2;;2-1-3/h7H,2-6H2,1H3;1-7H2;3H,1-2H3;1H;(H,2,3). The number of hydrogen-bond donors (Lipinski definition) is 6. The minimum atomic E-state index is 0. The molecule has 9 heteroatoms. The molecule has 0 amide bonds. The number of hydrogen-bond acceptors (Lipinski definition) is 7. The Morgan fingerprint density at radius 2 is 1.38 bits per heavy atom. The van der Waals surface area contributed by atoms with Crippen LogP contribution < -0.4 is 28.1 Å². The van der Waals surface area contributed by atoms with Crippen LogP contribution in [-0.2, 0) is 0 Å². The maximum Gasteiger partial charge on any atom is 0.152 e.